The number of hydrogen-bond donors (Lipinski definition) is 2. The molecule has 1 aromatic carbocycles. The molecule has 2 aromatic rings. The van der Waals surface area contributed by atoms with Crippen LogP contribution in [0.15, 0.2) is 29.4 Å². The van der Waals surface area contributed by atoms with Crippen LogP contribution in [-0.4, -0.2) is 46.7 Å². The minimum Gasteiger partial charge on any atom is -0.378 e. The molecule has 3 N–H and O–H groups in total. The van der Waals surface area contributed by atoms with Crippen molar-refractivity contribution < 1.29 is 4.79 Å². The van der Waals surface area contributed by atoms with Crippen LogP contribution in [0, 0.1) is 0 Å². The van der Waals surface area contributed by atoms with E-state index in [1.165, 1.54) is 16.4 Å². The molecule has 2 rings (SSSR count). The second kappa shape index (κ2) is 8.05. The summed E-state index contributed by atoms with van der Waals surface area (Å²) in [5.74, 6) is 6.68. The number of nitrogens with one attached hydrogen (secondary N) is 1. The van der Waals surface area contributed by atoms with E-state index in [1.54, 1.807) is 0 Å². The van der Waals surface area contributed by atoms with Gasteiger partial charge in [0.1, 0.15) is 0 Å². The quantitative estimate of drug-likeness (QED) is 0.585. The Kier molecular flexibility index (Phi) is 6.08. The SMILES string of the molecule is CCCNC(=O)[C@H](C)Sc1nnc(-c2cccc(N(C)C)c2)n1N. The van der Waals surface area contributed by atoms with Crippen molar-refractivity contribution in [3.63, 3.8) is 0 Å². The number of nitrogen functional groups attached to an aromatic ring is 1. The summed E-state index contributed by atoms with van der Waals surface area (Å²) in [5.41, 5.74) is 1.93. The molecule has 0 aliphatic rings. The van der Waals surface area contributed by atoms with Crippen LogP contribution in [0.1, 0.15) is 20.3 Å². The molecule has 0 unspecified atom stereocenters. The Morgan fingerprint density at radius 2 is 2.17 bits per heavy atom. The molecule has 24 heavy (non-hydrogen) atoms. The lowest BCUT2D eigenvalue weighted by molar-refractivity contribution is -0.120. The van der Waals surface area contributed by atoms with Crippen LogP contribution in [-0.2, 0) is 4.79 Å². The van der Waals surface area contributed by atoms with Crippen LogP contribution < -0.4 is 16.1 Å². The van der Waals surface area contributed by atoms with E-state index >= 15 is 0 Å². The molecule has 1 amide bonds. The minimum atomic E-state index is -0.288. The van der Waals surface area contributed by atoms with Gasteiger partial charge in [-0.3, -0.25) is 4.79 Å². The van der Waals surface area contributed by atoms with Crippen LogP contribution in [0.25, 0.3) is 11.4 Å². The van der Waals surface area contributed by atoms with Gasteiger partial charge in [0, 0.05) is 31.9 Å². The van der Waals surface area contributed by atoms with E-state index < -0.39 is 0 Å². The highest BCUT2D eigenvalue weighted by Gasteiger charge is 2.19. The number of amides is 1. The third-order valence-electron chi connectivity index (χ3n) is 3.49. The summed E-state index contributed by atoms with van der Waals surface area (Å²) < 4.78 is 1.43. The van der Waals surface area contributed by atoms with Gasteiger partial charge in [-0.15, -0.1) is 10.2 Å². The summed E-state index contributed by atoms with van der Waals surface area (Å²) in [5, 5.41) is 11.4. The van der Waals surface area contributed by atoms with Gasteiger partial charge in [-0.1, -0.05) is 30.8 Å². The zero-order chi connectivity index (χ0) is 17.7. The van der Waals surface area contributed by atoms with E-state index in [-0.39, 0.29) is 11.2 Å². The number of anilines is 1. The van der Waals surface area contributed by atoms with E-state index in [4.69, 9.17) is 5.84 Å². The van der Waals surface area contributed by atoms with Gasteiger partial charge in [0.25, 0.3) is 0 Å². The number of hydrogen-bond acceptors (Lipinski definition) is 6. The van der Waals surface area contributed by atoms with Gasteiger partial charge in [0.05, 0.1) is 5.25 Å². The summed E-state index contributed by atoms with van der Waals surface area (Å²) in [4.78, 5) is 14.0. The molecule has 0 fully saturated rings. The molecule has 0 saturated heterocycles. The van der Waals surface area contributed by atoms with Crippen molar-refractivity contribution in [2.24, 2.45) is 0 Å². The van der Waals surface area contributed by atoms with Crippen molar-refractivity contribution in [1.29, 1.82) is 0 Å². The topological polar surface area (TPSA) is 89.1 Å². The number of nitrogens with two attached hydrogens (primary N) is 1. The lowest BCUT2D eigenvalue weighted by Gasteiger charge is -2.13. The monoisotopic (exact) mass is 348 g/mol. The average molecular weight is 348 g/mol. The molecule has 7 nitrogen and oxygen atoms in total. The maximum atomic E-state index is 12.0. The highest BCUT2D eigenvalue weighted by atomic mass is 32.2. The predicted octanol–water partition coefficient (Wildman–Crippen LogP) is 1.73. The fraction of sp³-hybridized carbons (Fsp3) is 0.438. The molecule has 0 spiro atoms. The Balaban J connectivity index is 2.16. The average Bonchev–Trinajstić information content (AvgIpc) is 2.93. The van der Waals surface area contributed by atoms with E-state index in [9.17, 15) is 4.79 Å². The molecule has 0 aliphatic carbocycles. The normalized spacial score (nSPS) is 12.0. The summed E-state index contributed by atoms with van der Waals surface area (Å²) >= 11 is 1.30. The number of benzene rings is 1. The second-order valence-electron chi connectivity index (χ2n) is 5.67. The van der Waals surface area contributed by atoms with E-state index in [0.717, 1.165) is 17.7 Å². The summed E-state index contributed by atoms with van der Waals surface area (Å²) in [6.45, 7) is 4.51. The molecule has 130 valence electrons. The molecule has 0 bridgehead atoms. The fourth-order valence-electron chi connectivity index (χ4n) is 2.08. The number of rotatable bonds is 7. The number of carbonyl (C=O) groups excluding carboxylic acids is 1. The standard InChI is InChI=1S/C16H24N6OS/c1-5-9-18-15(23)11(2)24-16-20-19-14(22(16)17)12-7-6-8-13(10-12)21(3)4/h6-8,10-11H,5,9,17H2,1-4H3,(H,18,23)/t11-/m0/s1. The minimum absolute atomic E-state index is 0.0268. The van der Waals surface area contributed by atoms with Crippen LogP contribution in [0.2, 0.25) is 0 Å². The molecule has 1 atom stereocenters. The van der Waals surface area contributed by atoms with Gasteiger partial charge in [0.2, 0.25) is 11.1 Å². The number of aromatic nitrogens is 3. The van der Waals surface area contributed by atoms with Crippen molar-refractivity contribution in [2.45, 2.75) is 30.7 Å². The zero-order valence-electron chi connectivity index (χ0n) is 14.5. The van der Waals surface area contributed by atoms with E-state index in [0.29, 0.717) is 17.5 Å². The first-order chi connectivity index (χ1) is 11.4. The van der Waals surface area contributed by atoms with Crippen LogP contribution in [0.5, 0.6) is 0 Å². The molecule has 1 aromatic heterocycles. The Bertz CT molecular complexity index is 700. The first-order valence-electron chi connectivity index (χ1n) is 7.86. The Morgan fingerprint density at radius 1 is 1.42 bits per heavy atom. The maximum absolute atomic E-state index is 12.0. The van der Waals surface area contributed by atoms with Gasteiger partial charge in [-0.05, 0) is 25.5 Å². The first kappa shape index (κ1) is 18.1. The Morgan fingerprint density at radius 3 is 2.83 bits per heavy atom. The van der Waals surface area contributed by atoms with Crippen molar-refractivity contribution >= 4 is 23.4 Å². The number of thioether (sulfide) groups is 1. The van der Waals surface area contributed by atoms with Crippen molar-refractivity contribution in [2.75, 3.05) is 31.4 Å². The molecule has 0 radical (unpaired) electrons. The predicted molar refractivity (Wildman–Crippen MR) is 98.6 cm³/mol. The first-order valence-corrected chi connectivity index (χ1v) is 8.74. The zero-order valence-corrected chi connectivity index (χ0v) is 15.3. The van der Waals surface area contributed by atoms with Gasteiger partial charge in [0.15, 0.2) is 5.82 Å². The Hall–Kier alpha value is -2.22. The lowest BCUT2D eigenvalue weighted by Crippen LogP contribution is -2.31. The fourth-order valence-corrected chi connectivity index (χ4v) is 2.88. The van der Waals surface area contributed by atoms with Gasteiger partial charge >= 0.3 is 0 Å². The highest BCUT2D eigenvalue weighted by Crippen LogP contribution is 2.26. The molecule has 1 heterocycles. The van der Waals surface area contributed by atoms with E-state index in [1.807, 2.05) is 57.1 Å². The van der Waals surface area contributed by atoms with Crippen LogP contribution in [0.4, 0.5) is 5.69 Å². The highest BCUT2D eigenvalue weighted by molar-refractivity contribution is 8.00. The van der Waals surface area contributed by atoms with Crippen molar-refractivity contribution in [1.82, 2.24) is 20.2 Å². The number of nitrogens with zero attached hydrogens (tertiary/aromatic N) is 4. The summed E-state index contributed by atoms with van der Waals surface area (Å²) in [7, 11) is 3.95. The third kappa shape index (κ3) is 4.19. The molecular formula is C16H24N6OS. The molecule has 0 saturated carbocycles. The molecular weight excluding hydrogens is 324 g/mol. The van der Waals surface area contributed by atoms with Crippen molar-refractivity contribution in [3.8, 4) is 11.4 Å². The Labute approximate surface area is 146 Å². The maximum Gasteiger partial charge on any atom is 0.233 e. The van der Waals surface area contributed by atoms with Gasteiger partial charge in [-0.25, -0.2) is 4.68 Å². The molecule has 0 aliphatic heterocycles. The third-order valence-corrected chi connectivity index (χ3v) is 4.54. The number of carbonyl (C=O) groups is 1. The van der Waals surface area contributed by atoms with E-state index in [2.05, 4.69) is 15.5 Å². The summed E-state index contributed by atoms with van der Waals surface area (Å²) in [6, 6.07) is 7.90. The second-order valence-corrected chi connectivity index (χ2v) is 6.98. The van der Waals surface area contributed by atoms with Crippen molar-refractivity contribution in [3.05, 3.63) is 24.3 Å². The molecule has 8 heteroatoms. The largest absolute Gasteiger partial charge is 0.378 e. The van der Waals surface area contributed by atoms with Crippen LogP contribution in [0.3, 0.4) is 0 Å². The smallest absolute Gasteiger partial charge is 0.233 e. The summed E-state index contributed by atoms with van der Waals surface area (Å²) in [6.07, 6.45) is 0.905. The van der Waals surface area contributed by atoms with Gasteiger partial charge in [-0.2, -0.15) is 0 Å². The van der Waals surface area contributed by atoms with Gasteiger partial charge < -0.3 is 16.1 Å². The lowest BCUT2D eigenvalue weighted by atomic mass is 10.2. The van der Waals surface area contributed by atoms with Crippen LogP contribution >= 0.6 is 11.8 Å².